The average molecular weight is 172 g/mol. The summed E-state index contributed by atoms with van der Waals surface area (Å²) in [7, 11) is 1.28. The van der Waals surface area contributed by atoms with Gasteiger partial charge < -0.3 is 9.47 Å². The molecule has 1 aliphatic rings. The Kier molecular flexibility index (Phi) is 2.08. The summed E-state index contributed by atoms with van der Waals surface area (Å²) < 4.78 is 9.28. The number of carbonyl (C=O) groups is 2. The molecule has 12 heavy (non-hydrogen) atoms. The van der Waals surface area contributed by atoms with Gasteiger partial charge in [-0.1, -0.05) is 0 Å². The van der Waals surface area contributed by atoms with Crippen LogP contribution in [0.15, 0.2) is 0 Å². The van der Waals surface area contributed by atoms with E-state index in [0.717, 1.165) is 0 Å². The maximum absolute atomic E-state index is 11.1. The van der Waals surface area contributed by atoms with Gasteiger partial charge in [-0.3, -0.25) is 4.79 Å². The highest BCUT2D eigenvalue weighted by Crippen LogP contribution is 2.33. The van der Waals surface area contributed by atoms with Gasteiger partial charge in [0.1, 0.15) is 0 Å². The van der Waals surface area contributed by atoms with Crippen molar-refractivity contribution in [2.24, 2.45) is 5.41 Å². The van der Waals surface area contributed by atoms with Crippen molar-refractivity contribution in [1.82, 2.24) is 0 Å². The lowest BCUT2D eigenvalue weighted by Crippen LogP contribution is -2.21. The third-order valence-corrected chi connectivity index (χ3v) is 1.96. The van der Waals surface area contributed by atoms with E-state index in [1.807, 2.05) is 0 Å². The van der Waals surface area contributed by atoms with Crippen LogP contribution >= 0.6 is 0 Å². The third-order valence-electron chi connectivity index (χ3n) is 1.96. The molecular weight excluding hydrogens is 160 g/mol. The SMILES string of the molecule is COC(=O)C1CC(C)(C)C(=O)O1. The fourth-order valence-corrected chi connectivity index (χ4v) is 1.14. The molecule has 1 heterocycles. The first-order valence-corrected chi connectivity index (χ1v) is 3.76. The molecule has 0 amide bonds. The van der Waals surface area contributed by atoms with Crippen molar-refractivity contribution in [3.8, 4) is 0 Å². The van der Waals surface area contributed by atoms with E-state index in [4.69, 9.17) is 4.74 Å². The van der Waals surface area contributed by atoms with Crippen LogP contribution in [0.4, 0.5) is 0 Å². The summed E-state index contributed by atoms with van der Waals surface area (Å²) in [6.45, 7) is 3.50. The fraction of sp³-hybridized carbons (Fsp3) is 0.750. The number of methoxy groups -OCH3 is 1. The average Bonchev–Trinajstić information content (AvgIpc) is 2.25. The van der Waals surface area contributed by atoms with Gasteiger partial charge in [-0.05, 0) is 13.8 Å². The molecule has 4 nitrogen and oxygen atoms in total. The minimum absolute atomic E-state index is 0.335. The Morgan fingerprint density at radius 2 is 2.25 bits per heavy atom. The molecule has 1 saturated heterocycles. The standard InChI is InChI=1S/C8H12O4/c1-8(2)4-5(6(9)11-3)12-7(8)10/h5H,4H2,1-3H3. The summed E-state index contributed by atoms with van der Waals surface area (Å²) in [6, 6.07) is 0. The predicted octanol–water partition coefficient (Wildman–Crippen LogP) is 0.501. The number of hydrogen-bond donors (Lipinski definition) is 0. The first-order valence-electron chi connectivity index (χ1n) is 3.76. The van der Waals surface area contributed by atoms with E-state index in [0.29, 0.717) is 6.42 Å². The second-order valence-corrected chi connectivity index (χ2v) is 3.51. The van der Waals surface area contributed by atoms with E-state index in [1.54, 1.807) is 13.8 Å². The quantitative estimate of drug-likeness (QED) is 0.540. The Labute approximate surface area is 70.8 Å². The van der Waals surface area contributed by atoms with Gasteiger partial charge in [0.05, 0.1) is 12.5 Å². The predicted molar refractivity (Wildman–Crippen MR) is 40.3 cm³/mol. The first-order chi connectivity index (χ1) is 5.47. The molecule has 1 rings (SSSR count). The molecule has 4 heteroatoms. The Morgan fingerprint density at radius 3 is 2.58 bits per heavy atom. The minimum Gasteiger partial charge on any atom is -0.466 e. The smallest absolute Gasteiger partial charge is 0.347 e. The van der Waals surface area contributed by atoms with Gasteiger partial charge in [-0.2, -0.15) is 0 Å². The fourth-order valence-electron chi connectivity index (χ4n) is 1.14. The van der Waals surface area contributed by atoms with Crippen LogP contribution in [0.1, 0.15) is 20.3 Å². The molecule has 68 valence electrons. The van der Waals surface area contributed by atoms with Gasteiger partial charge in [0, 0.05) is 6.42 Å². The summed E-state index contributed by atoms with van der Waals surface area (Å²) in [5, 5.41) is 0. The number of ether oxygens (including phenoxy) is 2. The lowest BCUT2D eigenvalue weighted by molar-refractivity contribution is -0.160. The first kappa shape index (κ1) is 9.03. The highest BCUT2D eigenvalue weighted by molar-refractivity contribution is 5.86. The topological polar surface area (TPSA) is 52.6 Å². The highest BCUT2D eigenvalue weighted by Gasteiger charge is 2.45. The van der Waals surface area contributed by atoms with Crippen LogP contribution in [-0.4, -0.2) is 25.2 Å². The zero-order valence-corrected chi connectivity index (χ0v) is 7.42. The summed E-state index contributed by atoms with van der Waals surface area (Å²) in [6.07, 6.45) is -0.309. The van der Waals surface area contributed by atoms with Gasteiger partial charge >= 0.3 is 11.9 Å². The highest BCUT2D eigenvalue weighted by atomic mass is 16.6. The maximum atomic E-state index is 11.1. The van der Waals surface area contributed by atoms with E-state index >= 15 is 0 Å². The van der Waals surface area contributed by atoms with Crippen LogP contribution in [0.3, 0.4) is 0 Å². The molecule has 0 radical (unpaired) electrons. The summed E-state index contributed by atoms with van der Waals surface area (Å²) in [5.74, 6) is -0.813. The van der Waals surface area contributed by atoms with E-state index in [1.165, 1.54) is 7.11 Å². The van der Waals surface area contributed by atoms with Crippen LogP contribution < -0.4 is 0 Å². The van der Waals surface area contributed by atoms with Crippen LogP contribution in [-0.2, 0) is 19.1 Å². The van der Waals surface area contributed by atoms with Crippen LogP contribution in [0.25, 0.3) is 0 Å². The van der Waals surface area contributed by atoms with Gasteiger partial charge in [0.2, 0.25) is 0 Å². The van der Waals surface area contributed by atoms with E-state index in [9.17, 15) is 9.59 Å². The number of carbonyl (C=O) groups excluding carboxylic acids is 2. The number of cyclic esters (lactones) is 1. The molecule has 1 aliphatic heterocycles. The Balaban J connectivity index is 2.67. The van der Waals surface area contributed by atoms with Gasteiger partial charge in [0.15, 0.2) is 6.10 Å². The van der Waals surface area contributed by atoms with Crippen molar-refractivity contribution in [3.63, 3.8) is 0 Å². The molecule has 1 atom stereocenters. The molecule has 0 N–H and O–H groups in total. The van der Waals surface area contributed by atoms with Crippen LogP contribution in [0.2, 0.25) is 0 Å². The Bertz CT molecular complexity index is 219. The van der Waals surface area contributed by atoms with E-state index in [-0.39, 0.29) is 5.97 Å². The van der Waals surface area contributed by atoms with Crippen molar-refractivity contribution in [1.29, 1.82) is 0 Å². The summed E-state index contributed by atoms with van der Waals surface area (Å²) in [5.41, 5.74) is -0.557. The molecule has 0 aromatic carbocycles. The number of esters is 2. The van der Waals surface area contributed by atoms with Crippen molar-refractivity contribution in [3.05, 3.63) is 0 Å². The molecule has 0 aromatic rings. The molecule has 1 fully saturated rings. The minimum atomic E-state index is -0.711. The molecule has 0 spiro atoms. The van der Waals surface area contributed by atoms with Crippen LogP contribution in [0, 0.1) is 5.41 Å². The lowest BCUT2D eigenvalue weighted by atomic mass is 9.90. The second kappa shape index (κ2) is 2.77. The Hall–Kier alpha value is -1.06. The largest absolute Gasteiger partial charge is 0.466 e. The molecule has 0 bridgehead atoms. The monoisotopic (exact) mass is 172 g/mol. The van der Waals surface area contributed by atoms with Crippen molar-refractivity contribution in [2.75, 3.05) is 7.11 Å². The zero-order valence-electron chi connectivity index (χ0n) is 7.42. The van der Waals surface area contributed by atoms with Gasteiger partial charge in [-0.25, -0.2) is 4.79 Å². The number of hydrogen-bond acceptors (Lipinski definition) is 4. The normalized spacial score (nSPS) is 26.6. The van der Waals surface area contributed by atoms with Gasteiger partial charge in [-0.15, -0.1) is 0 Å². The Morgan fingerprint density at radius 1 is 1.67 bits per heavy atom. The lowest BCUT2D eigenvalue weighted by Gasteiger charge is -2.08. The third kappa shape index (κ3) is 1.42. The second-order valence-electron chi connectivity index (χ2n) is 3.51. The molecular formula is C8H12O4. The summed E-state index contributed by atoms with van der Waals surface area (Å²) >= 11 is 0. The maximum Gasteiger partial charge on any atom is 0.347 e. The van der Waals surface area contributed by atoms with Crippen molar-refractivity contribution < 1.29 is 19.1 Å². The van der Waals surface area contributed by atoms with Crippen molar-refractivity contribution in [2.45, 2.75) is 26.4 Å². The molecule has 0 saturated carbocycles. The number of rotatable bonds is 1. The van der Waals surface area contributed by atoms with E-state index in [2.05, 4.69) is 4.74 Å². The van der Waals surface area contributed by atoms with Crippen molar-refractivity contribution >= 4 is 11.9 Å². The van der Waals surface area contributed by atoms with Gasteiger partial charge in [0.25, 0.3) is 0 Å². The van der Waals surface area contributed by atoms with Crippen LogP contribution in [0.5, 0.6) is 0 Å². The van der Waals surface area contributed by atoms with E-state index < -0.39 is 17.5 Å². The molecule has 0 aromatic heterocycles. The zero-order chi connectivity index (χ0) is 9.35. The summed E-state index contributed by atoms with van der Waals surface area (Å²) in [4.78, 5) is 22.0. The molecule has 1 unspecified atom stereocenters. The molecule has 0 aliphatic carbocycles.